The van der Waals surface area contributed by atoms with E-state index < -0.39 is 10.0 Å². The molecular weight excluding hydrogens is 258 g/mol. The lowest BCUT2D eigenvalue weighted by molar-refractivity contribution is 0.332. The quantitative estimate of drug-likeness (QED) is 0.863. The van der Waals surface area contributed by atoms with Crippen molar-refractivity contribution in [1.82, 2.24) is 4.72 Å². The van der Waals surface area contributed by atoms with Crippen molar-refractivity contribution in [2.75, 3.05) is 0 Å². The Labute approximate surface area is 114 Å². The smallest absolute Gasteiger partial charge is 0.207 e. The average Bonchev–Trinajstić information content (AvgIpc) is 2.62. The Morgan fingerprint density at radius 2 is 1.63 bits per heavy atom. The van der Waals surface area contributed by atoms with E-state index in [1.807, 2.05) is 6.07 Å². The third-order valence-corrected chi connectivity index (χ3v) is 5.85. The molecule has 4 heteroatoms. The molecule has 2 bridgehead atoms. The number of rotatable bonds is 3. The van der Waals surface area contributed by atoms with Gasteiger partial charge in [-0.25, -0.2) is 13.1 Å². The van der Waals surface area contributed by atoms with Crippen molar-refractivity contribution in [3.63, 3.8) is 0 Å². The van der Waals surface area contributed by atoms with E-state index in [2.05, 4.69) is 11.3 Å². The normalized spacial score (nSPS) is 30.5. The summed E-state index contributed by atoms with van der Waals surface area (Å²) in [6.45, 7) is 4.07. The molecule has 3 nitrogen and oxygen atoms in total. The zero-order valence-electron chi connectivity index (χ0n) is 10.9. The number of nitrogens with one attached hydrogen (secondary N) is 1. The van der Waals surface area contributed by atoms with Crippen molar-refractivity contribution < 1.29 is 8.42 Å². The first-order chi connectivity index (χ1) is 9.06. The first-order valence-corrected chi connectivity index (χ1v) is 8.28. The monoisotopic (exact) mass is 277 g/mol. The SMILES string of the molecule is C=C1CC2CCC(C1)C2NS(=O)(=O)c1ccccc1. The van der Waals surface area contributed by atoms with Gasteiger partial charge in [0.1, 0.15) is 0 Å². The van der Waals surface area contributed by atoms with Gasteiger partial charge in [-0.3, -0.25) is 0 Å². The van der Waals surface area contributed by atoms with E-state index in [4.69, 9.17) is 0 Å². The van der Waals surface area contributed by atoms with E-state index in [9.17, 15) is 8.42 Å². The molecule has 0 amide bonds. The molecule has 2 aliphatic carbocycles. The Balaban J connectivity index is 1.81. The molecule has 0 spiro atoms. The van der Waals surface area contributed by atoms with Crippen LogP contribution in [0.15, 0.2) is 47.4 Å². The Kier molecular flexibility index (Phi) is 3.23. The fraction of sp³-hybridized carbons (Fsp3) is 0.467. The molecule has 0 aromatic heterocycles. The fourth-order valence-electron chi connectivity index (χ4n) is 3.49. The topological polar surface area (TPSA) is 46.2 Å². The van der Waals surface area contributed by atoms with Crippen LogP contribution in [-0.2, 0) is 10.0 Å². The molecule has 102 valence electrons. The molecule has 1 aromatic carbocycles. The Morgan fingerprint density at radius 1 is 1.05 bits per heavy atom. The van der Waals surface area contributed by atoms with Gasteiger partial charge < -0.3 is 0 Å². The van der Waals surface area contributed by atoms with Crippen LogP contribution in [-0.4, -0.2) is 14.5 Å². The largest absolute Gasteiger partial charge is 0.240 e. The lowest BCUT2D eigenvalue weighted by Crippen LogP contribution is -2.43. The summed E-state index contributed by atoms with van der Waals surface area (Å²) < 4.78 is 27.7. The van der Waals surface area contributed by atoms with Gasteiger partial charge in [0, 0.05) is 6.04 Å². The van der Waals surface area contributed by atoms with Gasteiger partial charge in [-0.2, -0.15) is 0 Å². The molecule has 1 aromatic rings. The second kappa shape index (κ2) is 4.76. The Bertz CT molecular complexity index is 563. The number of allylic oxidation sites excluding steroid dienone is 1. The summed E-state index contributed by atoms with van der Waals surface area (Å²) in [7, 11) is -3.38. The molecule has 0 saturated heterocycles. The maximum absolute atomic E-state index is 12.4. The van der Waals surface area contributed by atoms with Crippen LogP contribution in [0.25, 0.3) is 0 Å². The predicted octanol–water partition coefficient (Wildman–Crippen LogP) is 2.71. The zero-order chi connectivity index (χ0) is 13.5. The highest BCUT2D eigenvalue weighted by molar-refractivity contribution is 7.89. The molecule has 1 N–H and O–H groups in total. The average molecular weight is 277 g/mol. The number of benzene rings is 1. The highest BCUT2D eigenvalue weighted by atomic mass is 32.2. The number of hydrogen-bond donors (Lipinski definition) is 1. The first kappa shape index (κ1) is 12.9. The van der Waals surface area contributed by atoms with Gasteiger partial charge in [0.05, 0.1) is 4.90 Å². The molecule has 2 fully saturated rings. The van der Waals surface area contributed by atoms with Gasteiger partial charge in [-0.05, 0) is 49.7 Å². The van der Waals surface area contributed by atoms with Crippen LogP contribution in [0, 0.1) is 11.8 Å². The fourth-order valence-corrected chi connectivity index (χ4v) is 4.89. The summed E-state index contributed by atoms with van der Waals surface area (Å²) in [5, 5.41) is 0. The highest BCUT2D eigenvalue weighted by Crippen LogP contribution is 2.44. The molecule has 19 heavy (non-hydrogen) atoms. The standard InChI is InChI=1S/C15H19NO2S/c1-11-9-12-7-8-13(10-11)15(12)16-19(17,18)14-5-3-2-4-6-14/h2-6,12-13,15-16H,1,7-10H2. The molecular formula is C15H19NO2S. The van der Waals surface area contributed by atoms with Crippen LogP contribution < -0.4 is 4.72 Å². The molecule has 0 heterocycles. The summed E-state index contributed by atoms with van der Waals surface area (Å²) in [5.74, 6) is 0.870. The zero-order valence-corrected chi connectivity index (χ0v) is 11.7. The third kappa shape index (κ3) is 2.47. The summed E-state index contributed by atoms with van der Waals surface area (Å²) >= 11 is 0. The van der Waals surface area contributed by atoms with Crippen LogP contribution in [0.4, 0.5) is 0 Å². The molecule has 2 saturated carbocycles. The second-order valence-electron chi connectivity index (χ2n) is 5.72. The lowest BCUT2D eigenvalue weighted by atomic mass is 9.82. The van der Waals surface area contributed by atoms with Crippen molar-refractivity contribution in [2.24, 2.45) is 11.8 Å². The van der Waals surface area contributed by atoms with Crippen LogP contribution in [0.3, 0.4) is 0 Å². The van der Waals surface area contributed by atoms with E-state index in [1.54, 1.807) is 24.3 Å². The number of fused-ring (bicyclic) bond motifs is 2. The van der Waals surface area contributed by atoms with E-state index in [-0.39, 0.29) is 6.04 Å². The molecule has 0 radical (unpaired) electrons. The van der Waals surface area contributed by atoms with Gasteiger partial charge in [0.15, 0.2) is 0 Å². The van der Waals surface area contributed by atoms with Crippen LogP contribution >= 0.6 is 0 Å². The minimum absolute atomic E-state index is 0.0932. The van der Waals surface area contributed by atoms with E-state index >= 15 is 0 Å². The molecule has 0 aliphatic heterocycles. The van der Waals surface area contributed by atoms with Gasteiger partial charge in [0.25, 0.3) is 0 Å². The van der Waals surface area contributed by atoms with Crippen molar-refractivity contribution in [3.05, 3.63) is 42.5 Å². The van der Waals surface area contributed by atoms with Crippen molar-refractivity contribution >= 4 is 10.0 Å². The maximum atomic E-state index is 12.4. The molecule has 3 rings (SSSR count). The van der Waals surface area contributed by atoms with E-state index in [0.717, 1.165) is 25.7 Å². The number of sulfonamides is 1. The molecule has 2 unspecified atom stereocenters. The summed E-state index contributed by atoms with van der Waals surface area (Å²) in [4.78, 5) is 0.360. The summed E-state index contributed by atoms with van der Waals surface area (Å²) in [6, 6.07) is 8.72. The van der Waals surface area contributed by atoms with Crippen molar-refractivity contribution in [2.45, 2.75) is 36.6 Å². The van der Waals surface area contributed by atoms with Gasteiger partial charge in [-0.1, -0.05) is 30.4 Å². The van der Waals surface area contributed by atoms with Gasteiger partial charge in [-0.15, -0.1) is 0 Å². The van der Waals surface area contributed by atoms with Crippen molar-refractivity contribution in [3.8, 4) is 0 Å². The number of hydrogen-bond acceptors (Lipinski definition) is 2. The minimum Gasteiger partial charge on any atom is -0.207 e. The minimum atomic E-state index is -3.38. The predicted molar refractivity (Wildman–Crippen MR) is 75.1 cm³/mol. The Hall–Kier alpha value is -1.13. The molecule has 2 aliphatic rings. The maximum Gasteiger partial charge on any atom is 0.240 e. The third-order valence-electron chi connectivity index (χ3n) is 4.37. The van der Waals surface area contributed by atoms with Crippen LogP contribution in [0.5, 0.6) is 0 Å². The Morgan fingerprint density at radius 3 is 2.21 bits per heavy atom. The van der Waals surface area contributed by atoms with E-state index in [1.165, 1.54) is 5.57 Å². The lowest BCUT2D eigenvalue weighted by Gasteiger charge is -2.31. The summed E-state index contributed by atoms with van der Waals surface area (Å²) in [6.07, 6.45) is 4.17. The first-order valence-electron chi connectivity index (χ1n) is 6.80. The van der Waals surface area contributed by atoms with Crippen LogP contribution in [0.2, 0.25) is 0 Å². The molecule has 2 atom stereocenters. The van der Waals surface area contributed by atoms with Crippen LogP contribution in [0.1, 0.15) is 25.7 Å². The van der Waals surface area contributed by atoms with Crippen molar-refractivity contribution in [1.29, 1.82) is 0 Å². The highest BCUT2D eigenvalue weighted by Gasteiger charge is 2.42. The van der Waals surface area contributed by atoms with Gasteiger partial charge in [0.2, 0.25) is 10.0 Å². The second-order valence-corrected chi connectivity index (χ2v) is 7.43. The van der Waals surface area contributed by atoms with Gasteiger partial charge >= 0.3 is 0 Å². The summed E-state index contributed by atoms with van der Waals surface area (Å²) in [5.41, 5.74) is 1.28. The van der Waals surface area contributed by atoms with E-state index in [0.29, 0.717) is 16.7 Å².